The van der Waals surface area contributed by atoms with Gasteiger partial charge in [-0.15, -0.1) is 0 Å². The molecular weight excluding hydrogens is 352 g/mol. The van der Waals surface area contributed by atoms with Crippen LogP contribution in [0.3, 0.4) is 0 Å². The van der Waals surface area contributed by atoms with Gasteiger partial charge in [-0.3, -0.25) is 4.79 Å². The van der Waals surface area contributed by atoms with Crippen LogP contribution in [-0.2, 0) is 11.3 Å². The molecule has 0 unspecified atom stereocenters. The maximum absolute atomic E-state index is 12.7. The first-order chi connectivity index (χ1) is 13.5. The number of anilines is 1. The van der Waals surface area contributed by atoms with Gasteiger partial charge < -0.3 is 9.80 Å². The Bertz CT molecular complexity index is 978. The van der Waals surface area contributed by atoms with Crippen molar-refractivity contribution in [1.29, 1.82) is 0 Å². The minimum Gasteiger partial charge on any atom is -0.355 e. The molecule has 0 atom stereocenters. The molecule has 3 heterocycles. The fourth-order valence-electron chi connectivity index (χ4n) is 3.56. The van der Waals surface area contributed by atoms with Crippen LogP contribution < -0.4 is 4.90 Å². The predicted molar refractivity (Wildman–Crippen MR) is 107 cm³/mol. The van der Waals surface area contributed by atoms with E-state index in [1.807, 2.05) is 68.0 Å². The largest absolute Gasteiger partial charge is 0.355 e. The van der Waals surface area contributed by atoms with Crippen LogP contribution in [0.5, 0.6) is 0 Å². The molecule has 0 aliphatic carbocycles. The molecule has 144 valence electrons. The highest BCUT2D eigenvalue weighted by atomic mass is 16.2. The maximum Gasteiger partial charge on any atom is 0.229 e. The van der Waals surface area contributed by atoms with Gasteiger partial charge in [0.05, 0.1) is 11.6 Å². The first-order valence-electron chi connectivity index (χ1n) is 9.41. The van der Waals surface area contributed by atoms with Gasteiger partial charge in [0.15, 0.2) is 5.82 Å². The molecule has 3 aromatic rings. The van der Waals surface area contributed by atoms with Crippen molar-refractivity contribution in [1.82, 2.24) is 24.6 Å². The van der Waals surface area contributed by atoms with Crippen molar-refractivity contribution in [3.8, 4) is 5.82 Å². The summed E-state index contributed by atoms with van der Waals surface area (Å²) in [4.78, 5) is 25.3. The minimum atomic E-state index is 0.000751. The number of nitrogens with zero attached hydrogens (tertiary/aromatic N) is 6. The Morgan fingerprint density at radius 3 is 2.50 bits per heavy atom. The normalized spacial score (nSPS) is 14.0. The Balaban J connectivity index is 1.39. The average Bonchev–Trinajstić information content (AvgIpc) is 2.99. The number of hydrogen-bond acceptors (Lipinski definition) is 5. The lowest BCUT2D eigenvalue weighted by molar-refractivity contribution is -0.135. The van der Waals surface area contributed by atoms with Gasteiger partial charge >= 0.3 is 0 Å². The standard InChI is InChI=1S/C21H24N6O/c1-15-9-16(2)27(24-15)20-10-19(22-14-23-20)26-12-18(13-26)21(28)25(3)11-17-7-5-4-6-8-17/h4-10,14,18H,11-13H2,1-3H3. The second kappa shape index (κ2) is 7.42. The summed E-state index contributed by atoms with van der Waals surface area (Å²) in [7, 11) is 1.86. The first-order valence-corrected chi connectivity index (χ1v) is 9.41. The molecule has 1 aromatic carbocycles. The van der Waals surface area contributed by atoms with E-state index in [4.69, 9.17) is 0 Å². The molecule has 4 rings (SSSR count). The predicted octanol–water partition coefficient (Wildman–Crippen LogP) is 2.37. The van der Waals surface area contributed by atoms with E-state index >= 15 is 0 Å². The summed E-state index contributed by atoms with van der Waals surface area (Å²) in [6.45, 7) is 5.94. The first kappa shape index (κ1) is 18.2. The lowest BCUT2D eigenvalue weighted by Gasteiger charge is -2.40. The molecule has 1 amide bonds. The fraction of sp³-hybridized carbons (Fsp3) is 0.333. The zero-order chi connectivity index (χ0) is 19.7. The second-order valence-electron chi connectivity index (χ2n) is 7.36. The van der Waals surface area contributed by atoms with E-state index in [2.05, 4.69) is 20.0 Å². The van der Waals surface area contributed by atoms with Crippen molar-refractivity contribution < 1.29 is 4.79 Å². The van der Waals surface area contributed by atoms with Crippen molar-refractivity contribution >= 4 is 11.7 Å². The molecule has 28 heavy (non-hydrogen) atoms. The van der Waals surface area contributed by atoms with Crippen LogP contribution in [0.15, 0.2) is 48.8 Å². The smallest absolute Gasteiger partial charge is 0.229 e. The number of benzene rings is 1. The Hall–Kier alpha value is -3.22. The molecule has 1 fully saturated rings. The van der Waals surface area contributed by atoms with E-state index in [1.54, 1.807) is 11.2 Å². The molecule has 2 aromatic heterocycles. The zero-order valence-electron chi connectivity index (χ0n) is 16.4. The van der Waals surface area contributed by atoms with E-state index < -0.39 is 0 Å². The number of carbonyl (C=O) groups excluding carboxylic acids is 1. The quantitative estimate of drug-likeness (QED) is 0.684. The number of rotatable bonds is 5. The van der Waals surface area contributed by atoms with Crippen molar-refractivity contribution in [2.24, 2.45) is 5.92 Å². The molecule has 0 radical (unpaired) electrons. The highest BCUT2D eigenvalue weighted by Crippen LogP contribution is 2.25. The molecule has 0 spiro atoms. The van der Waals surface area contributed by atoms with Crippen molar-refractivity contribution in [3.05, 3.63) is 65.7 Å². The third kappa shape index (κ3) is 3.60. The van der Waals surface area contributed by atoms with Gasteiger partial charge in [0, 0.05) is 38.4 Å². The van der Waals surface area contributed by atoms with Crippen LogP contribution in [0, 0.1) is 19.8 Å². The van der Waals surface area contributed by atoms with E-state index in [0.29, 0.717) is 19.6 Å². The van der Waals surface area contributed by atoms with E-state index in [9.17, 15) is 4.79 Å². The average molecular weight is 376 g/mol. The number of aromatic nitrogens is 4. The van der Waals surface area contributed by atoms with E-state index in [-0.39, 0.29) is 11.8 Å². The van der Waals surface area contributed by atoms with Crippen LogP contribution in [-0.4, -0.2) is 50.7 Å². The molecule has 0 bridgehead atoms. The molecule has 0 N–H and O–H groups in total. The topological polar surface area (TPSA) is 67.2 Å². The van der Waals surface area contributed by atoms with Crippen LogP contribution >= 0.6 is 0 Å². The molecule has 1 saturated heterocycles. The molecule has 1 aliphatic rings. The third-order valence-corrected chi connectivity index (χ3v) is 5.06. The highest BCUT2D eigenvalue weighted by Gasteiger charge is 2.35. The summed E-state index contributed by atoms with van der Waals surface area (Å²) in [5.74, 6) is 1.74. The summed E-state index contributed by atoms with van der Waals surface area (Å²) >= 11 is 0. The lowest BCUT2D eigenvalue weighted by Crippen LogP contribution is -2.54. The summed E-state index contributed by atoms with van der Waals surface area (Å²) in [5.41, 5.74) is 3.12. The minimum absolute atomic E-state index is 0.000751. The molecule has 1 aliphatic heterocycles. The number of aryl methyl sites for hydroxylation is 2. The Morgan fingerprint density at radius 1 is 1.11 bits per heavy atom. The van der Waals surface area contributed by atoms with Gasteiger partial charge in [0.25, 0.3) is 0 Å². The summed E-state index contributed by atoms with van der Waals surface area (Å²) in [6.07, 6.45) is 1.55. The third-order valence-electron chi connectivity index (χ3n) is 5.06. The Morgan fingerprint density at radius 2 is 1.82 bits per heavy atom. The van der Waals surface area contributed by atoms with Crippen molar-refractivity contribution in [2.45, 2.75) is 20.4 Å². The Kier molecular flexibility index (Phi) is 4.81. The summed E-state index contributed by atoms with van der Waals surface area (Å²) in [6, 6.07) is 14.0. The maximum atomic E-state index is 12.7. The number of hydrogen-bond donors (Lipinski definition) is 0. The van der Waals surface area contributed by atoms with E-state index in [1.165, 1.54) is 0 Å². The molecule has 0 saturated carbocycles. The SMILES string of the molecule is Cc1cc(C)n(-c2cc(N3CC(C(=O)N(C)Cc4ccccc4)C3)ncn2)n1. The van der Waals surface area contributed by atoms with Crippen LogP contribution in [0.25, 0.3) is 5.82 Å². The number of amides is 1. The van der Waals surface area contributed by atoms with Gasteiger partial charge in [-0.1, -0.05) is 30.3 Å². The van der Waals surface area contributed by atoms with Gasteiger partial charge in [0.2, 0.25) is 5.91 Å². The van der Waals surface area contributed by atoms with Gasteiger partial charge in [-0.25, -0.2) is 14.6 Å². The monoisotopic (exact) mass is 376 g/mol. The number of carbonyl (C=O) groups is 1. The van der Waals surface area contributed by atoms with Crippen LogP contribution in [0.1, 0.15) is 17.0 Å². The summed E-state index contributed by atoms with van der Waals surface area (Å²) < 4.78 is 1.82. The zero-order valence-corrected chi connectivity index (χ0v) is 16.4. The second-order valence-corrected chi connectivity index (χ2v) is 7.36. The lowest BCUT2D eigenvalue weighted by atomic mass is 9.98. The van der Waals surface area contributed by atoms with Crippen molar-refractivity contribution in [3.63, 3.8) is 0 Å². The summed E-state index contributed by atoms with van der Waals surface area (Å²) in [5, 5.41) is 4.48. The Labute approximate surface area is 164 Å². The van der Waals surface area contributed by atoms with Crippen LogP contribution in [0.4, 0.5) is 5.82 Å². The van der Waals surface area contributed by atoms with Crippen LogP contribution in [0.2, 0.25) is 0 Å². The van der Waals surface area contributed by atoms with Gasteiger partial charge in [0.1, 0.15) is 12.1 Å². The van der Waals surface area contributed by atoms with Gasteiger partial charge in [-0.05, 0) is 25.5 Å². The highest BCUT2D eigenvalue weighted by molar-refractivity contribution is 5.81. The molecular formula is C21H24N6O. The molecule has 7 heteroatoms. The van der Waals surface area contributed by atoms with E-state index in [0.717, 1.165) is 28.6 Å². The van der Waals surface area contributed by atoms with Crippen molar-refractivity contribution in [2.75, 3.05) is 25.0 Å². The van der Waals surface area contributed by atoms with Gasteiger partial charge in [-0.2, -0.15) is 5.10 Å². The fourth-order valence-corrected chi connectivity index (χ4v) is 3.56. The molecule has 7 nitrogen and oxygen atoms in total.